The molecular weight excluding hydrogens is 346 g/mol. The summed E-state index contributed by atoms with van der Waals surface area (Å²) in [7, 11) is -2.98. The lowest BCUT2D eigenvalue weighted by atomic mass is 10.2. The summed E-state index contributed by atoms with van der Waals surface area (Å²) in [5, 5.41) is 12.3. The van der Waals surface area contributed by atoms with E-state index in [-0.39, 0.29) is 5.25 Å². The number of pyridine rings is 1. The van der Waals surface area contributed by atoms with Crippen molar-refractivity contribution in [2.75, 3.05) is 24.7 Å². The normalized spacial score (nSPS) is 18.4. The lowest BCUT2D eigenvalue weighted by Gasteiger charge is -2.16. The molecule has 3 heterocycles. The van der Waals surface area contributed by atoms with E-state index in [1.165, 1.54) is 23.8 Å². The zero-order chi connectivity index (χ0) is 17.2. The van der Waals surface area contributed by atoms with Crippen LogP contribution in [0.4, 0.5) is 10.9 Å². The maximum Gasteiger partial charge on any atom is 0.189 e. The van der Waals surface area contributed by atoms with Crippen molar-refractivity contribution in [3.8, 4) is 6.07 Å². The monoisotopic (exact) mass is 363 g/mol. The number of nitrogens with zero attached hydrogens (tertiary/aromatic N) is 4. The Bertz CT molecular complexity index is 872. The van der Waals surface area contributed by atoms with Crippen LogP contribution in [0.5, 0.6) is 0 Å². The summed E-state index contributed by atoms with van der Waals surface area (Å²) in [5.74, 6) is 0.658. The Kier molecular flexibility index (Phi) is 4.80. The Balaban J connectivity index is 1.64. The quantitative estimate of drug-likeness (QED) is 0.864. The van der Waals surface area contributed by atoms with Crippen LogP contribution in [-0.4, -0.2) is 47.9 Å². The molecule has 0 saturated carbocycles. The first-order chi connectivity index (χ1) is 11.4. The van der Waals surface area contributed by atoms with Gasteiger partial charge >= 0.3 is 0 Å². The predicted molar refractivity (Wildman–Crippen MR) is 92.9 cm³/mol. The van der Waals surface area contributed by atoms with Gasteiger partial charge in [-0.05, 0) is 30.7 Å². The molecule has 1 aliphatic heterocycles. The van der Waals surface area contributed by atoms with E-state index < -0.39 is 9.84 Å². The fourth-order valence-corrected chi connectivity index (χ4v) is 4.32. The van der Waals surface area contributed by atoms with Crippen LogP contribution in [0, 0.1) is 11.3 Å². The minimum Gasteiger partial charge on any atom is -0.316 e. The van der Waals surface area contributed by atoms with Crippen molar-refractivity contribution in [3.63, 3.8) is 0 Å². The van der Waals surface area contributed by atoms with E-state index in [0.717, 1.165) is 12.1 Å². The van der Waals surface area contributed by atoms with Gasteiger partial charge in [0.2, 0.25) is 0 Å². The molecule has 126 valence electrons. The van der Waals surface area contributed by atoms with Gasteiger partial charge in [0.05, 0.1) is 11.4 Å². The number of sulfone groups is 1. The standard InChI is InChI=1S/C15H17N5O2S2/c1-24(21,22)13-3-5-20(10-13)9-11-2-4-17-14(6-11)19-15-18-8-12(7-16)23-15/h2,4,6,8,13H,3,5,9-10H2,1H3,(H,17,18,19). The fourth-order valence-electron chi connectivity index (χ4n) is 2.68. The summed E-state index contributed by atoms with van der Waals surface area (Å²) in [4.78, 5) is 11.1. The summed E-state index contributed by atoms with van der Waals surface area (Å²) in [6, 6.07) is 5.88. The highest BCUT2D eigenvalue weighted by Crippen LogP contribution is 2.23. The van der Waals surface area contributed by atoms with Gasteiger partial charge < -0.3 is 5.32 Å². The summed E-state index contributed by atoms with van der Waals surface area (Å²) >= 11 is 1.27. The van der Waals surface area contributed by atoms with E-state index in [9.17, 15) is 8.42 Å². The van der Waals surface area contributed by atoms with Crippen molar-refractivity contribution in [2.24, 2.45) is 0 Å². The van der Waals surface area contributed by atoms with Gasteiger partial charge in [0.25, 0.3) is 0 Å². The number of anilines is 2. The largest absolute Gasteiger partial charge is 0.316 e. The molecular formula is C15H17N5O2S2. The van der Waals surface area contributed by atoms with E-state index in [4.69, 9.17) is 5.26 Å². The molecule has 0 spiro atoms. The average Bonchev–Trinajstić information content (AvgIpc) is 3.16. The van der Waals surface area contributed by atoms with Crippen molar-refractivity contribution in [2.45, 2.75) is 18.2 Å². The minimum absolute atomic E-state index is 0.267. The SMILES string of the molecule is CS(=O)(=O)C1CCN(Cc2ccnc(Nc3ncc(C#N)s3)c2)C1. The Morgan fingerprint density at radius 3 is 3.00 bits per heavy atom. The molecule has 0 radical (unpaired) electrons. The molecule has 7 nitrogen and oxygen atoms in total. The zero-order valence-corrected chi connectivity index (χ0v) is 14.8. The zero-order valence-electron chi connectivity index (χ0n) is 13.1. The number of nitriles is 1. The first kappa shape index (κ1) is 16.8. The van der Waals surface area contributed by atoms with Crippen LogP contribution >= 0.6 is 11.3 Å². The van der Waals surface area contributed by atoms with Gasteiger partial charge in [-0.3, -0.25) is 4.90 Å². The summed E-state index contributed by atoms with van der Waals surface area (Å²) in [5.41, 5.74) is 1.05. The molecule has 1 unspecified atom stereocenters. The van der Waals surface area contributed by atoms with Crippen LogP contribution in [0.25, 0.3) is 0 Å². The molecule has 2 aromatic heterocycles. The number of hydrogen-bond acceptors (Lipinski definition) is 8. The molecule has 2 aromatic rings. The van der Waals surface area contributed by atoms with Crippen LogP contribution in [-0.2, 0) is 16.4 Å². The van der Waals surface area contributed by atoms with Crippen LogP contribution in [0.15, 0.2) is 24.5 Å². The van der Waals surface area contributed by atoms with E-state index in [1.54, 1.807) is 6.20 Å². The summed E-state index contributed by atoms with van der Waals surface area (Å²) < 4.78 is 23.3. The van der Waals surface area contributed by atoms with Gasteiger partial charge in [-0.15, -0.1) is 0 Å². The second-order valence-corrected chi connectivity index (χ2v) is 9.15. The fraction of sp³-hybridized carbons (Fsp3) is 0.400. The Labute approximate surface area is 144 Å². The van der Waals surface area contributed by atoms with Crippen molar-refractivity contribution >= 4 is 32.1 Å². The number of aromatic nitrogens is 2. The second kappa shape index (κ2) is 6.84. The molecule has 1 atom stereocenters. The van der Waals surface area contributed by atoms with E-state index >= 15 is 0 Å². The topological polar surface area (TPSA) is 99.0 Å². The first-order valence-corrected chi connectivity index (χ1v) is 10.2. The third kappa shape index (κ3) is 4.08. The number of hydrogen-bond donors (Lipinski definition) is 1. The molecule has 0 amide bonds. The van der Waals surface area contributed by atoms with Crippen LogP contribution in [0.1, 0.15) is 16.9 Å². The maximum absolute atomic E-state index is 11.6. The minimum atomic E-state index is -2.98. The summed E-state index contributed by atoms with van der Waals surface area (Å²) in [6.45, 7) is 2.04. The number of rotatable bonds is 5. The van der Waals surface area contributed by atoms with Crippen LogP contribution in [0.2, 0.25) is 0 Å². The molecule has 0 aliphatic carbocycles. The third-order valence-electron chi connectivity index (χ3n) is 3.92. The van der Waals surface area contributed by atoms with Gasteiger partial charge in [0.1, 0.15) is 16.8 Å². The van der Waals surface area contributed by atoms with Gasteiger partial charge in [-0.2, -0.15) is 5.26 Å². The van der Waals surface area contributed by atoms with Gasteiger partial charge in [-0.1, -0.05) is 11.3 Å². The molecule has 1 aliphatic rings. The molecule has 9 heteroatoms. The lowest BCUT2D eigenvalue weighted by Crippen LogP contribution is -2.26. The van der Waals surface area contributed by atoms with E-state index in [0.29, 0.717) is 35.3 Å². The number of nitrogens with one attached hydrogen (secondary N) is 1. The van der Waals surface area contributed by atoms with Gasteiger partial charge in [0, 0.05) is 25.5 Å². The van der Waals surface area contributed by atoms with Crippen LogP contribution in [0.3, 0.4) is 0 Å². The molecule has 1 N–H and O–H groups in total. The Morgan fingerprint density at radius 1 is 1.50 bits per heavy atom. The Hall–Kier alpha value is -2.02. The molecule has 1 saturated heterocycles. The number of likely N-dealkylation sites (tertiary alicyclic amines) is 1. The smallest absolute Gasteiger partial charge is 0.189 e. The van der Waals surface area contributed by atoms with Crippen molar-refractivity contribution in [1.82, 2.24) is 14.9 Å². The molecule has 0 aromatic carbocycles. The van der Waals surface area contributed by atoms with Crippen molar-refractivity contribution in [1.29, 1.82) is 5.26 Å². The average molecular weight is 363 g/mol. The second-order valence-electron chi connectivity index (χ2n) is 5.79. The van der Waals surface area contributed by atoms with Gasteiger partial charge in [-0.25, -0.2) is 18.4 Å². The summed E-state index contributed by atoms with van der Waals surface area (Å²) in [6.07, 6.45) is 5.22. The van der Waals surface area contributed by atoms with Crippen molar-refractivity contribution in [3.05, 3.63) is 35.0 Å². The molecule has 3 rings (SSSR count). The molecule has 24 heavy (non-hydrogen) atoms. The molecule has 0 bridgehead atoms. The highest BCUT2D eigenvalue weighted by Gasteiger charge is 2.29. The lowest BCUT2D eigenvalue weighted by molar-refractivity contribution is 0.331. The Morgan fingerprint density at radius 2 is 2.33 bits per heavy atom. The van der Waals surface area contributed by atoms with Crippen LogP contribution < -0.4 is 5.32 Å². The first-order valence-electron chi connectivity index (χ1n) is 7.43. The van der Waals surface area contributed by atoms with E-state index in [1.807, 2.05) is 18.2 Å². The number of thiazole rings is 1. The molecule has 1 fully saturated rings. The highest BCUT2D eigenvalue weighted by molar-refractivity contribution is 7.91. The maximum atomic E-state index is 11.6. The predicted octanol–water partition coefficient (Wildman–Crippen LogP) is 1.77. The highest BCUT2D eigenvalue weighted by atomic mass is 32.2. The van der Waals surface area contributed by atoms with E-state index in [2.05, 4.69) is 20.2 Å². The van der Waals surface area contributed by atoms with Crippen molar-refractivity contribution < 1.29 is 8.42 Å². The third-order valence-corrected chi connectivity index (χ3v) is 6.33. The van der Waals surface area contributed by atoms with Gasteiger partial charge in [0.15, 0.2) is 15.0 Å².